The summed E-state index contributed by atoms with van der Waals surface area (Å²) in [5.74, 6) is -1.28. The van der Waals surface area contributed by atoms with E-state index in [2.05, 4.69) is 9.47 Å². The minimum atomic E-state index is -3.78. The number of fused-ring (bicyclic) bond motifs is 2. The molecule has 1 aliphatic carbocycles. The fourth-order valence-corrected chi connectivity index (χ4v) is 5.01. The molecule has 1 aromatic heterocycles. The molecule has 5 rings (SSSR count). The lowest BCUT2D eigenvalue weighted by Crippen LogP contribution is -2.26. The number of hydrogen-bond donors (Lipinski definition) is 2. The number of alkyl halides is 2. The molecule has 0 saturated heterocycles. The highest BCUT2D eigenvalue weighted by atomic mass is 19.3. The highest BCUT2D eigenvalue weighted by Gasteiger charge is 2.52. The van der Waals surface area contributed by atoms with E-state index < -0.39 is 42.1 Å². The molecule has 1 saturated carbocycles. The van der Waals surface area contributed by atoms with E-state index >= 15 is 4.39 Å². The number of nitrogens with zero attached hydrogens (tertiary/aromatic N) is 1. The van der Waals surface area contributed by atoms with E-state index in [1.807, 2.05) is 20.8 Å². The van der Waals surface area contributed by atoms with Crippen molar-refractivity contribution in [1.29, 1.82) is 0 Å². The molecule has 1 fully saturated rings. The van der Waals surface area contributed by atoms with Crippen molar-refractivity contribution in [2.75, 3.05) is 6.56 Å². The summed E-state index contributed by atoms with van der Waals surface area (Å²) in [7, 11) is 0. The van der Waals surface area contributed by atoms with Crippen LogP contribution in [0.3, 0.4) is 0 Å². The van der Waals surface area contributed by atoms with Crippen LogP contribution in [0.5, 0.6) is 11.5 Å². The Balaban J connectivity index is 1.49. The maximum atomic E-state index is 15.5. The predicted octanol–water partition coefficient (Wildman–Crippen LogP) is 4.99. The average Bonchev–Trinajstić information content (AvgIpc) is 3.50. The predicted molar refractivity (Wildman–Crippen MR) is 131 cm³/mol. The van der Waals surface area contributed by atoms with Crippen LogP contribution in [0.4, 0.5) is 13.2 Å². The number of aliphatic hydroxyl groups is 2. The lowest BCUT2D eigenvalue weighted by molar-refractivity contribution is -0.286. The summed E-state index contributed by atoms with van der Waals surface area (Å²) in [6.45, 7) is 1.84. The zero-order chi connectivity index (χ0) is 29.5. The minimum Gasteiger partial charge on any atom is -0.395 e. The fraction of sp³-hybridized carbons (Fsp3) is 0.464. The van der Waals surface area contributed by atoms with Gasteiger partial charge in [-0.15, -0.1) is 8.78 Å². The standard InChI is InChI=1S/C28H30F3NO5/c1-4-26(2,3)24-10-17-9-16(20(29)13-21(17)32(24)14-19(34)15-33)11-25(35)27(7-8-27)18-5-6-22-23(12-18)37-28(30,31)36-22/h5-6,9-10,12-13,19,33-34H,4,7-8,11,14-15H2,1-3H3/t19-/m0/s1/i15D2,19D. The van der Waals surface area contributed by atoms with Gasteiger partial charge in [-0.2, -0.15) is 0 Å². The van der Waals surface area contributed by atoms with Gasteiger partial charge in [0.25, 0.3) is 0 Å². The lowest BCUT2D eigenvalue weighted by atomic mass is 9.86. The maximum Gasteiger partial charge on any atom is 0.586 e. The summed E-state index contributed by atoms with van der Waals surface area (Å²) in [4.78, 5) is 13.5. The van der Waals surface area contributed by atoms with E-state index in [1.165, 1.54) is 34.9 Å². The Labute approximate surface area is 216 Å². The van der Waals surface area contributed by atoms with Crippen LogP contribution in [0.25, 0.3) is 10.9 Å². The van der Waals surface area contributed by atoms with Gasteiger partial charge < -0.3 is 24.3 Å². The summed E-state index contributed by atoms with van der Waals surface area (Å²) in [5.41, 5.74) is 0.0141. The number of benzene rings is 2. The molecule has 2 heterocycles. The number of halogens is 3. The van der Waals surface area contributed by atoms with Crippen LogP contribution in [0.15, 0.2) is 36.4 Å². The highest BCUT2D eigenvalue weighted by molar-refractivity contribution is 5.95. The first-order chi connectivity index (χ1) is 18.4. The second-order valence-electron chi connectivity index (χ2n) is 10.4. The third kappa shape index (κ3) is 4.48. The van der Waals surface area contributed by atoms with E-state index in [4.69, 9.17) is 4.11 Å². The average molecular weight is 521 g/mol. The molecule has 6 nitrogen and oxygen atoms in total. The summed E-state index contributed by atoms with van der Waals surface area (Å²) < 4.78 is 75.8. The van der Waals surface area contributed by atoms with Gasteiger partial charge >= 0.3 is 6.29 Å². The van der Waals surface area contributed by atoms with Crippen LogP contribution in [-0.2, 0) is 28.6 Å². The first-order valence-corrected chi connectivity index (χ1v) is 12.1. The topological polar surface area (TPSA) is 80.9 Å². The molecule has 0 radical (unpaired) electrons. The molecular weight excluding hydrogens is 487 g/mol. The van der Waals surface area contributed by atoms with E-state index in [0.29, 0.717) is 35.9 Å². The summed E-state index contributed by atoms with van der Waals surface area (Å²) >= 11 is 0. The van der Waals surface area contributed by atoms with Crippen molar-refractivity contribution >= 4 is 16.7 Å². The molecule has 3 aromatic rings. The Morgan fingerprint density at radius 2 is 1.92 bits per heavy atom. The van der Waals surface area contributed by atoms with Crippen molar-refractivity contribution in [3.05, 3.63) is 59.0 Å². The zero-order valence-corrected chi connectivity index (χ0v) is 20.7. The van der Waals surface area contributed by atoms with Crippen molar-refractivity contribution < 1.29 is 41.8 Å². The molecular formula is C28H30F3NO5. The van der Waals surface area contributed by atoms with Gasteiger partial charge in [0.15, 0.2) is 11.5 Å². The second kappa shape index (κ2) is 8.77. The van der Waals surface area contributed by atoms with Crippen molar-refractivity contribution in [3.63, 3.8) is 0 Å². The van der Waals surface area contributed by atoms with Crippen LogP contribution in [-0.4, -0.2) is 39.5 Å². The smallest absolute Gasteiger partial charge is 0.395 e. The Morgan fingerprint density at radius 1 is 1.22 bits per heavy atom. The summed E-state index contributed by atoms with van der Waals surface area (Å²) in [5, 5.41) is 20.7. The van der Waals surface area contributed by atoms with E-state index in [1.54, 1.807) is 6.07 Å². The van der Waals surface area contributed by atoms with E-state index in [0.717, 1.165) is 0 Å². The molecule has 0 bridgehead atoms. The summed E-state index contributed by atoms with van der Waals surface area (Å²) in [6, 6.07) is 8.67. The van der Waals surface area contributed by atoms with Crippen molar-refractivity contribution in [2.24, 2.45) is 0 Å². The maximum absolute atomic E-state index is 15.5. The Bertz CT molecular complexity index is 1510. The highest BCUT2D eigenvalue weighted by Crippen LogP contribution is 2.52. The number of ether oxygens (including phenoxy) is 2. The van der Waals surface area contributed by atoms with Gasteiger partial charge in [0.05, 0.1) is 34.2 Å². The lowest BCUT2D eigenvalue weighted by Gasteiger charge is -2.26. The van der Waals surface area contributed by atoms with Gasteiger partial charge in [-0.25, -0.2) is 4.39 Å². The normalized spacial score (nSPS) is 20.7. The molecule has 0 spiro atoms. The first-order valence-electron chi connectivity index (χ1n) is 13.6. The number of carbonyl (C=O) groups is 1. The van der Waals surface area contributed by atoms with Gasteiger partial charge in [-0.05, 0) is 60.7 Å². The first kappa shape index (κ1) is 22.0. The number of aromatic nitrogens is 1. The number of Topliss-reactive ketones (excluding diaryl/α,β-unsaturated/α-hetero) is 1. The monoisotopic (exact) mass is 520 g/mol. The number of rotatable bonds is 9. The minimum absolute atomic E-state index is 0.118. The van der Waals surface area contributed by atoms with E-state index in [9.17, 15) is 23.8 Å². The third-order valence-corrected chi connectivity index (χ3v) is 7.67. The van der Waals surface area contributed by atoms with Crippen molar-refractivity contribution in [1.82, 2.24) is 4.57 Å². The van der Waals surface area contributed by atoms with Crippen LogP contribution >= 0.6 is 0 Å². The largest absolute Gasteiger partial charge is 0.586 e. The molecule has 2 aromatic carbocycles. The zero-order valence-electron chi connectivity index (χ0n) is 23.7. The van der Waals surface area contributed by atoms with Crippen LogP contribution in [0, 0.1) is 5.82 Å². The van der Waals surface area contributed by atoms with Gasteiger partial charge in [0.1, 0.15) is 11.6 Å². The number of hydrogen-bond acceptors (Lipinski definition) is 5. The van der Waals surface area contributed by atoms with Gasteiger partial charge in [-0.3, -0.25) is 4.79 Å². The Kier molecular flexibility index (Phi) is 5.21. The molecule has 1 aliphatic heterocycles. The molecule has 0 unspecified atom stereocenters. The van der Waals surface area contributed by atoms with Crippen LogP contribution in [0.1, 0.15) is 61.0 Å². The molecule has 0 amide bonds. The van der Waals surface area contributed by atoms with Gasteiger partial charge in [0, 0.05) is 22.9 Å². The Morgan fingerprint density at radius 3 is 2.57 bits per heavy atom. The van der Waals surface area contributed by atoms with Gasteiger partial charge in [-0.1, -0.05) is 26.8 Å². The molecule has 1 atom stereocenters. The fourth-order valence-electron chi connectivity index (χ4n) is 5.01. The van der Waals surface area contributed by atoms with Crippen molar-refractivity contribution in [2.45, 2.75) is 76.2 Å². The third-order valence-electron chi connectivity index (χ3n) is 7.67. The van der Waals surface area contributed by atoms with Gasteiger partial charge in [0.2, 0.25) is 0 Å². The summed E-state index contributed by atoms with van der Waals surface area (Å²) in [6.07, 6.45) is -5.38. The van der Waals surface area contributed by atoms with Crippen molar-refractivity contribution in [3.8, 4) is 11.5 Å². The molecule has 9 heteroatoms. The molecule has 2 aliphatic rings. The molecule has 2 N–H and O–H groups in total. The van der Waals surface area contributed by atoms with Crippen LogP contribution < -0.4 is 9.47 Å². The SMILES string of the molecule is [2H]C([2H])(O)[C@@]([2H])(O)Cn1c(C(C)(C)CC)cc2cc(CC(=O)C3(c4ccc5c(c4)OC(F)(F)O5)CC3)c(F)cc21. The number of ketones is 1. The Hall–Kier alpha value is -3.04. The van der Waals surface area contributed by atoms with Crippen LogP contribution in [0.2, 0.25) is 0 Å². The second-order valence-corrected chi connectivity index (χ2v) is 10.4. The molecule has 198 valence electrons. The van der Waals surface area contributed by atoms with E-state index in [-0.39, 0.29) is 34.8 Å². The number of carbonyl (C=O) groups excluding carboxylic acids is 1. The quantitative estimate of drug-likeness (QED) is 0.416. The molecule has 37 heavy (non-hydrogen) atoms.